The number of phenols is 1. The predicted octanol–water partition coefficient (Wildman–Crippen LogP) is 0.407. The van der Waals surface area contributed by atoms with Crippen LogP contribution in [0.5, 0.6) is 5.75 Å². The molecule has 3 aliphatic carbocycles. The summed E-state index contributed by atoms with van der Waals surface area (Å²) in [4.78, 5) is 47.1. The molecule has 13 heteroatoms. The van der Waals surface area contributed by atoms with Crippen LogP contribution in [-0.2, 0) is 20.8 Å². The first-order chi connectivity index (χ1) is 19.3. The van der Waals surface area contributed by atoms with E-state index in [0.717, 1.165) is 0 Å². The van der Waals surface area contributed by atoms with Crippen molar-refractivity contribution >= 4 is 40.4 Å². The molecule has 1 aromatic carbocycles. The van der Waals surface area contributed by atoms with Gasteiger partial charge in [0.15, 0.2) is 17.1 Å². The average Bonchev–Trinajstić information content (AvgIpc) is 2.85. The van der Waals surface area contributed by atoms with Gasteiger partial charge in [0.1, 0.15) is 28.6 Å². The van der Waals surface area contributed by atoms with E-state index in [0.29, 0.717) is 11.3 Å². The van der Waals surface area contributed by atoms with E-state index in [4.69, 9.17) is 11.5 Å². The summed E-state index contributed by atoms with van der Waals surface area (Å²) in [6.07, 6.45) is 0.172. The summed E-state index contributed by atoms with van der Waals surface area (Å²) < 4.78 is 0. The molecule has 0 saturated heterocycles. The fourth-order valence-electron chi connectivity index (χ4n) is 6.31. The number of aliphatic hydroxyl groups is 3. The summed E-state index contributed by atoms with van der Waals surface area (Å²) in [6.45, 7) is 6.11. The van der Waals surface area contributed by atoms with Crippen LogP contribution in [0.25, 0.3) is 5.76 Å². The van der Waals surface area contributed by atoms with Gasteiger partial charge in [0.05, 0.1) is 18.2 Å². The molecule has 1 aromatic rings. The Morgan fingerprint density at radius 3 is 2.29 bits per heavy atom. The monoisotopic (exact) mass is 584 g/mol. The van der Waals surface area contributed by atoms with E-state index in [-0.39, 0.29) is 47.6 Å². The highest BCUT2D eigenvalue weighted by atomic mass is 16.3. The molecule has 4 atom stereocenters. The lowest BCUT2D eigenvalue weighted by Gasteiger charge is -2.50. The highest BCUT2D eigenvalue weighted by Crippen LogP contribution is 2.54. The fourth-order valence-corrected chi connectivity index (χ4v) is 6.31. The molecule has 1 saturated carbocycles. The van der Waals surface area contributed by atoms with E-state index in [1.165, 1.54) is 4.90 Å². The van der Waals surface area contributed by atoms with Crippen molar-refractivity contribution < 1.29 is 34.8 Å². The topological polar surface area (TPSA) is 215 Å². The first-order valence-electron chi connectivity index (χ1n) is 13.6. The maximum Gasteiger partial charge on any atom is 0.255 e. The zero-order valence-electron chi connectivity index (χ0n) is 24.9. The van der Waals surface area contributed by atoms with Gasteiger partial charge in [-0.2, -0.15) is 0 Å². The number of fused-ring (bicyclic) bond motifs is 3. The van der Waals surface area contributed by atoms with Crippen LogP contribution in [0, 0.1) is 11.8 Å². The molecule has 0 bridgehead atoms. The molecule has 0 heterocycles. The number of carbonyl (C=O) groups is 3. The van der Waals surface area contributed by atoms with E-state index < -0.39 is 63.8 Å². The van der Waals surface area contributed by atoms with Crippen molar-refractivity contribution in [2.75, 3.05) is 39.6 Å². The number of nitrogens with two attached hydrogens (primary N) is 2. The number of phenolic OH excluding ortho intramolecular Hbond substituents is 1. The minimum Gasteiger partial charge on any atom is -0.508 e. The third-order valence-electron chi connectivity index (χ3n) is 8.22. The van der Waals surface area contributed by atoms with Crippen molar-refractivity contribution in [3.05, 3.63) is 34.1 Å². The second-order valence-corrected chi connectivity index (χ2v) is 12.7. The van der Waals surface area contributed by atoms with E-state index in [1.807, 2.05) is 20.8 Å². The number of amidine groups is 1. The number of primary amides is 1. The maximum absolute atomic E-state index is 14.1. The van der Waals surface area contributed by atoms with Crippen LogP contribution < -0.4 is 21.7 Å². The molecule has 0 aromatic heterocycles. The first kappa shape index (κ1) is 31.0. The molecule has 0 radical (unpaired) electrons. The van der Waals surface area contributed by atoms with Gasteiger partial charge in [0, 0.05) is 36.8 Å². The summed E-state index contributed by atoms with van der Waals surface area (Å²) in [6, 6.07) is 0.489. The van der Waals surface area contributed by atoms with Crippen LogP contribution in [0.15, 0.2) is 28.0 Å². The van der Waals surface area contributed by atoms with Crippen molar-refractivity contribution in [3.63, 3.8) is 0 Å². The van der Waals surface area contributed by atoms with Gasteiger partial charge in [0.25, 0.3) is 5.91 Å². The minimum absolute atomic E-state index is 0.00468. The van der Waals surface area contributed by atoms with Crippen molar-refractivity contribution in [1.82, 2.24) is 10.2 Å². The summed E-state index contributed by atoms with van der Waals surface area (Å²) >= 11 is 0. The summed E-state index contributed by atoms with van der Waals surface area (Å²) in [5.74, 6) is -6.94. The van der Waals surface area contributed by atoms with Gasteiger partial charge in [-0.05, 0) is 65.3 Å². The number of aliphatic hydroxyl groups excluding tert-OH is 2. The van der Waals surface area contributed by atoms with Gasteiger partial charge in [-0.25, -0.2) is 4.99 Å². The van der Waals surface area contributed by atoms with Crippen LogP contribution in [0.4, 0.5) is 11.4 Å². The van der Waals surface area contributed by atoms with Crippen LogP contribution in [0.3, 0.4) is 0 Å². The number of hydrogen-bond donors (Lipinski definition) is 7. The Hall–Kier alpha value is -3.94. The van der Waals surface area contributed by atoms with E-state index in [1.54, 1.807) is 39.2 Å². The highest BCUT2D eigenvalue weighted by Gasteiger charge is 2.64. The number of hydrogen-bond acceptors (Lipinski definition) is 11. The number of ketones is 2. The van der Waals surface area contributed by atoms with E-state index in [2.05, 4.69) is 10.3 Å². The van der Waals surface area contributed by atoms with Crippen molar-refractivity contribution in [2.24, 2.45) is 28.3 Å². The number of carbonyl (C=O) groups excluding carboxylic acids is 3. The number of rotatable bonds is 6. The third kappa shape index (κ3) is 4.80. The molecular weight excluding hydrogens is 544 g/mol. The molecule has 13 nitrogen and oxygen atoms in total. The molecule has 4 rings (SSSR count). The predicted molar refractivity (Wildman–Crippen MR) is 158 cm³/mol. The molecule has 9 N–H and O–H groups in total. The molecule has 1 amide bonds. The maximum atomic E-state index is 14.1. The Balaban J connectivity index is 1.93. The zero-order chi connectivity index (χ0) is 31.6. The number of Topliss-reactive ketones (excluding diaryl/α,β-unsaturated/α-hetero) is 2. The van der Waals surface area contributed by atoms with Crippen LogP contribution in [0.2, 0.25) is 0 Å². The molecule has 42 heavy (non-hydrogen) atoms. The number of aromatic hydroxyl groups is 1. The lowest BCUT2D eigenvalue weighted by molar-refractivity contribution is -0.153. The number of aliphatic imine (C=N–C) groups is 1. The van der Waals surface area contributed by atoms with Crippen LogP contribution in [-0.4, -0.2) is 101 Å². The quantitative estimate of drug-likeness (QED) is 0.138. The standard InChI is InChI=1S/C29H40N6O7/c1-28(2,3)32-11-17(30)33-15-10-16(34(4)5)13-8-12-9-14-21(35(6)7)24(38)20(27(31)41)26(40)29(14,42)25(39)18(12)23(37)19(13)22(15)36/h10,12,14,21,32,36-37,40,42H,8-9,11H2,1-7H3,(H2,30,33)(H2,31,41)/t12?,14?,21-,29-/m0/s1. The third-order valence-corrected chi connectivity index (χ3v) is 8.22. The SMILES string of the molecule is CN(C)c1cc(N=C(N)CNC(C)(C)C)c(O)c2c1CC1CC3[C@H](N(C)C)C(=O)C(C(N)=O)=C(O)[C@@]3(O)C(=O)C1=C2O. The minimum atomic E-state index is -2.71. The van der Waals surface area contributed by atoms with E-state index in [9.17, 15) is 34.8 Å². The average molecular weight is 585 g/mol. The normalized spacial score (nSPS) is 26.3. The van der Waals surface area contributed by atoms with Crippen molar-refractivity contribution in [3.8, 4) is 5.75 Å². The highest BCUT2D eigenvalue weighted by molar-refractivity contribution is 6.24. The van der Waals surface area contributed by atoms with Gasteiger partial charge >= 0.3 is 0 Å². The van der Waals surface area contributed by atoms with Gasteiger partial charge in [-0.1, -0.05) is 0 Å². The Bertz CT molecular complexity index is 1470. The second kappa shape index (κ2) is 10.4. The molecule has 0 spiro atoms. The molecular formula is C29H40N6O7. The number of amides is 1. The van der Waals surface area contributed by atoms with Crippen LogP contribution >= 0.6 is 0 Å². The molecule has 3 aliphatic rings. The lowest BCUT2D eigenvalue weighted by Crippen LogP contribution is -2.65. The summed E-state index contributed by atoms with van der Waals surface area (Å²) in [5.41, 5.74) is 8.64. The molecule has 2 unspecified atom stereocenters. The largest absolute Gasteiger partial charge is 0.508 e. The van der Waals surface area contributed by atoms with Gasteiger partial charge in [0.2, 0.25) is 5.78 Å². The summed E-state index contributed by atoms with van der Waals surface area (Å²) in [7, 11) is 6.67. The number of nitrogens with one attached hydrogen (secondary N) is 1. The number of likely N-dealkylation sites (N-methyl/N-ethyl adjacent to an activating group) is 1. The molecule has 0 aliphatic heterocycles. The van der Waals surface area contributed by atoms with Gasteiger partial charge in [-0.15, -0.1) is 0 Å². The Morgan fingerprint density at radius 1 is 1.14 bits per heavy atom. The Kier molecular flexibility index (Phi) is 7.68. The Morgan fingerprint density at radius 2 is 1.76 bits per heavy atom. The second-order valence-electron chi connectivity index (χ2n) is 12.7. The van der Waals surface area contributed by atoms with E-state index >= 15 is 0 Å². The van der Waals surface area contributed by atoms with Gasteiger partial charge < -0.3 is 42.1 Å². The zero-order valence-corrected chi connectivity index (χ0v) is 24.9. The lowest BCUT2D eigenvalue weighted by atomic mass is 9.57. The smallest absolute Gasteiger partial charge is 0.255 e. The van der Waals surface area contributed by atoms with Gasteiger partial charge in [-0.3, -0.25) is 19.3 Å². The number of benzene rings is 1. The Labute approximate surface area is 244 Å². The van der Waals surface area contributed by atoms with Crippen LogP contribution in [0.1, 0.15) is 38.3 Å². The molecule has 228 valence electrons. The van der Waals surface area contributed by atoms with Crippen molar-refractivity contribution in [1.29, 1.82) is 0 Å². The summed E-state index contributed by atoms with van der Waals surface area (Å²) in [5, 5.41) is 48.9. The first-order valence-corrected chi connectivity index (χ1v) is 13.6. The fraction of sp³-hybridized carbons (Fsp3) is 0.517. The molecule has 1 fully saturated rings. The van der Waals surface area contributed by atoms with Crippen molar-refractivity contribution in [2.45, 2.75) is 50.8 Å². The number of nitrogens with zero attached hydrogens (tertiary/aromatic N) is 3. The number of anilines is 1.